The second kappa shape index (κ2) is 7.96. The van der Waals surface area contributed by atoms with E-state index in [1.54, 1.807) is 0 Å². The first-order chi connectivity index (χ1) is 10.9. The van der Waals surface area contributed by atoms with Crippen molar-refractivity contribution in [3.63, 3.8) is 0 Å². The van der Waals surface area contributed by atoms with E-state index in [0.29, 0.717) is 24.9 Å². The molecule has 1 heterocycles. The van der Waals surface area contributed by atoms with Gasteiger partial charge in [-0.3, -0.25) is 4.79 Å². The van der Waals surface area contributed by atoms with Gasteiger partial charge in [-0.15, -0.1) is 0 Å². The van der Waals surface area contributed by atoms with Crippen molar-refractivity contribution in [2.45, 2.75) is 59.0 Å². The largest absolute Gasteiger partial charge is 0.375 e. The number of hydrogen-bond donors (Lipinski definition) is 0. The van der Waals surface area contributed by atoms with Crippen molar-refractivity contribution in [1.82, 2.24) is 4.90 Å². The number of rotatable bonds is 5. The lowest BCUT2D eigenvalue weighted by Gasteiger charge is -2.33. The summed E-state index contributed by atoms with van der Waals surface area (Å²) in [4.78, 5) is 14.6. The Morgan fingerprint density at radius 3 is 2.30 bits per heavy atom. The highest BCUT2D eigenvalue weighted by molar-refractivity contribution is 5.77. The fourth-order valence-electron chi connectivity index (χ4n) is 3.23. The van der Waals surface area contributed by atoms with Crippen molar-refractivity contribution >= 4 is 5.91 Å². The molecule has 1 aromatic carbocycles. The Kier molecular flexibility index (Phi) is 6.23. The fraction of sp³-hybridized carbons (Fsp3) is 0.650. The number of nitrogens with zero attached hydrogens (tertiary/aromatic N) is 1. The highest BCUT2D eigenvalue weighted by Crippen LogP contribution is 2.30. The second-order valence-corrected chi connectivity index (χ2v) is 7.40. The van der Waals surface area contributed by atoms with E-state index >= 15 is 0 Å². The van der Waals surface area contributed by atoms with E-state index in [-0.39, 0.29) is 17.9 Å². The van der Waals surface area contributed by atoms with Gasteiger partial charge < -0.3 is 9.64 Å². The van der Waals surface area contributed by atoms with Crippen LogP contribution in [0.2, 0.25) is 0 Å². The van der Waals surface area contributed by atoms with Gasteiger partial charge in [-0.1, -0.05) is 52.0 Å². The van der Waals surface area contributed by atoms with Crippen LogP contribution in [0.5, 0.6) is 0 Å². The summed E-state index contributed by atoms with van der Waals surface area (Å²) in [6.45, 7) is 12.9. The van der Waals surface area contributed by atoms with E-state index < -0.39 is 0 Å². The van der Waals surface area contributed by atoms with Gasteiger partial charge in [0.2, 0.25) is 5.91 Å². The van der Waals surface area contributed by atoms with Crippen molar-refractivity contribution in [2.75, 3.05) is 19.7 Å². The highest BCUT2D eigenvalue weighted by Gasteiger charge is 2.26. The maximum atomic E-state index is 12.7. The average Bonchev–Trinajstić information content (AvgIpc) is 2.52. The molecule has 3 nitrogen and oxygen atoms in total. The predicted molar refractivity (Wildman–Crippen MR) is 94.7 cm³/mol. The maximum absolute atomic E-state index is 12.7. The van der Waals surface area contributed by atoms with Gasteiger partial charge in [-0.05, 0) is 35.8 Å². The Bertz CT molecular complexity index is 507. The zero-order valence-corrected chi connectivity index (χ0v) is 15.2. The van der Waals surface area contributed by atoms with Gasteiger partial charge in [0.05, 0.1) is 12.7 Å². The van der Waals surface area contributed by atoms with Gasteiger partial charge in [0, 0.05) is 19.5 Å². The van der Waals surface area contributed by atoms with Gasteiger partial charge in [-0.25, -0.2) is 0 Å². The molecule has 1 amide bonds. The van der Waals surface area contributed by atoms with E-state index in [1.165, 1.54) is 11.1 Å². The summed E-state index contributed by atoms with van der Waals surface area (Å²) >= 11 is 0. The molecular weight excluding hydrogens is 286 g/mol. The molecule has 1 fully saturated rings. The summed E-state index contributed by atoms with van der Waals surface area (Å²) in [5, 5.41) is 0. The predicted octanol–water partition coefficient (Wildman–Crippen LogP) is 4.19. The van der Waals surface area contributed by atoms with Crippen LogP contribution in [0.3, 0.4) is 0 Å². The molecule has 2 rings (SSSR count). The molecule has 0 N–H and O–H groups in total. The minimum atomic E-state index is 0.149. The topological polar surface area (TPSA) is 29.5 Å². The summed E-state index contributed by atoms with van der Waals surface area (Å²) in [6, 6.07) is 8.82. The summed E-state index contributed by atoms with van der Waals surface area (Å²) in [6.07, 6.45) is 0.737. The Morgan fingerprint density at radius 1 is 1.17 bits per heavy atom. The summed E-state index contributed by atoms with van der Waals surface area (Å²) in [5.41, 5.74) is 2.63. The van der Waals surface area contributed by atoms with Gasteiger partial charge in [0.25, 0.3) is 0 Å². The van der Waals surface area contributed by atoms with E-state index in [1.807, 2.05) is 11.8 Å². The zero-order valence-electron chi connectivity index (χ0n) is 15.2. The molecular formula is C20H31NO2. The van der Waals surface area contributed by atoms with Crippen molar-refractivity contribution in [2.24, 2.45) is 5.92 Å². The smallest absolute Gasteiger partial charge is 0.223 e. The van der Waals surface area contributed by atoms with E-state index in [0.717, 1.165) is 13.1 Å². The molecule has 1 aliphatic rings. The van der Waals surface area contributed by atoms with Crippen molar-refractivity contribution in [1.29, 1.82) is 0 Å². The summed E-state index contributed by atoms with van der Waals surface area (Å²) < 4.78 is 5.54. The van der Waals surface area contributed by atoms with Crippen LogP contribution in [-0.2, 0) is 9.53 Å². The molecule has 0 aliphatic carbocycles. The molecule has 0 bridgehead atoms. The normalized spacial score (nSPS) is 20.1. The molecule has 128 valence electrons. The van der Waals surface area contributed by atoms with Crippen molar-refractivity contribution in [3.05, 3.63) is 35.4 Å². The molecule has 1 aromatic rings. The summed E-state index contributed by atoms with van der Waals surface area (Å²) in [5.74, 6) is 1.52. The lowest BCUT2D eigenvalue weighted by Crippen LogP contribution is -2.45. The van der Waals surface area contributed by atoms with Crippen LogP contribution in [0.1, 0.15) is 64.0 Å². The first-order valence-corrected chi connectivity index (χ1v) is 8.87. The molecule has 0 aromatic heterocycles. The molecule has 2 atom stereocenters. The monoisotopic (exact) mass is 317 g/mol. The average molecular weight is 317 g/mol. The summed E-state index contributed by atoms with van der Waals surface area (Å²) in [7, 11) is 0. The molecule has 0 spiro atoms. The Balaban J connectivity index is 2.07. The standard InChI is InChI=1S/C20H31NO2/c1-14(2)17-6-8-18(9-7-17)19(15(3)4)12-20(22)21-10-11-23-16(5)13-21/h6-9,14-16,19H,10-13H2,1-5H3. The van der Waals surface area contributed by atoms with Gasteiger partial charge in [-0.2, -0.15) is 0 Å². The van der Waals surface area contributed by atoms with Crippen LogP contribution in [0.25, 0.3) is 0 Å². The zero-order chi connectivity index (χ0) is 17.0. The van der Waals surface area contributed by atoms with Crippen LogP contribution in [-0.4, -0.2) is 36.6 Å². The van der Waals surface area contributed by atoms with Gasteiger partial charge >= 0.3 is 0 Å². The van der Waals surface area contributed by atoms with Crippen LogP contribution in [0.4, 0.5) is 0 Å². The third-order valence-corrected chi connectivity index (χ3v) is 4.82. The van der Waals surface area contributed by atoms with Crippen LogP contribution in [0.15, 0.2) is 24.3 Å². The number of benzene rings is 1. The Hall–Kier alpha value is -1.35. The number of amides is 1. The third kappa shape index (κ3) is 4.81. The molecule has 23 heavy (non-hydrogen) atoms. The van der Waals surface area contributed by atoms with Crippen molar-refractivity contribution in [3.8, 4) is 0 Å². The lowest BCUT2D eigenvalue weighted by atomic mass is 9.84. The van der Waals surface area contributed by atoms with E-state index in [9.17, 15) is 4.79 Å². The minimum absolute atomic E-state index is 0.149. The Labute approximate surface area is 141 Å². The molecule has 1 saturated heterocycles. The molecule has 0 radical (unpaired) electrons. The third-order valence-electron chi connectivity index (χ3n) is 4.82. The van der Waals surface area contributed by atoms with Crippen molar-refractivity contribution < 1.29 is 9.53 Å². The molecule has 0 saturated carbocycles. The van der Waals surface area contributed by atoms with E-state index in [2.05, 4.69) is 52.0 Å². The number of hydrogen-bond acceptors (Lipinski definition) is 2. The number of carbonyl (C=O) groups is 1. The quantitative estimate of drug-likeness (QED) is 0.815. The Morgan fingerprint density at radius 2 is 1.78 bits per heavy atom. The molecule has 3 heteroatoms. The highest BCUT2D eigenvalue weighted by atomic mass is 16.5. The SMILES string of the molecule is CC1CN(C(=O)CC(c2ccc(C(C)C)cc2)C(C)C)CCO1. The fourth-order valence-corrected chi connectivity index (χ4v) is 3.23. The number of ether oxygens (including phenoxy) is 1. The van der Waals surface area contributed by atoms with Crippen LogP contribution >= 0.6 is 0 Å². The van der Waals surface area contributed by atoms with E-state index in [4.69, 9.17) is 4.74 Å². The number of carbonyl (C=O) groups excluding carboxylic acids is 1. The van der Waals surface area contributed by atoms with Crippen LogP contribution in [0, 0.1) is 5.92 Å². The first-order valence-electron chi connectivity index (χ1n) is 8.87. The second-order valence-electron chi connectivity index (χ2n) is 7.40. The maximum Gasteiger partial charge on any atom is 0.223 e. The molecule has 1 aliphatic heterocycles. The molecule has 2 unspecified atom stereocenters. The minimum Gasteiger partial charge on any atom is -0.375 e. The lowest BCUT2D eigenvalue weighted by molar-refractivity contribution is -0.138. The van der Waals surface area contributed by atoms with Gasteiger partial charge in [0.1, 0.15) is 0 Å². The van der Waals surface area contributed by atoms with Crippen LogP contribution < -0.4 is 0 Å². The number of morpholine rings is 1. The first kappa shape index (κ1) is 18.0. The van der Waals surface area contributed by atoms with Gasteiger partial charge in [0.15, 0.2) is 0 Å².